The van der Waals surface area contributed by atoms with Gasteiger partial charge in [0.05, 0.1) is 20.3 Å². The molecular weight excluding hydrogens is 420 g/mol. The smallest absolute Gasteiger partial charge is 0.123 e. The lowest BCUT2D eigenvalue weighted by Crippen LogP contribution is -2.73. The second-order valence-electron chi connectivity index (χ2n) is 10.0. The quantitative estimate of drug-likeness (QED) is 0.554. The monoisotopic (exact) mass is 454 g/mol. The minimum Gasteiger partial charge on any atom is -0.496 e. The van der Waals surface area contributed by atoms with Gasteiger partial charge in [-0.25, -0.2) is 0 Å². The Morgan fingerprint density at radius 3 is 2.06 bits per heavy atom. The van der Waals surface area contributed by atoms with Gasteiger partial charge in [-0.3, -0.25) is 4.90 Å². The van der Waals surface area contributed by atoms with E-state index in [1.54, 1.807) is 7.11 Å². The number of hydrogen-bond donors (Lipinski definition) is 1. The number of rotatable bonds is 7. The summed E-state index contributed by atoms with van der Waals surface area (Å²) in [4.78, 5) is 2.84. The highest BCUT2D eigenvalue weighted by molar-refractivity contribution is 5.37. The predicted molar refractivity (Wildman–Crippen MR) is 135 cm³/mol. The van der Waals surface area contributed by atoms with E-state index in [4.69, 9.17) is 9.47 Å². The number of nitrogens with one attached hydrogen (secondary N) is 1. The van der Waals surface area contributed by atoms with Crippen molar-refractivity contribution in [2.75, 3.05) is 20.3 Å². The first kappa shape index (κ1) is 21.8. The van der Waals surface area contributed by atoms with Crippen molar-refractivity contribution in [3.63, 3.8) is 0 Å². The topological polar surface area (TPSA) is 33.7 Å². The van der Waals surface area contributed by atoms with Gasteiger partial charge in [-0.05, 0) is 36.0 Å². The highest BCUT2D eigenvalue weighted by Gasteiger charge is 2.55. The lowest BCUT2D eigenvalue weighted by molar-refractivity contribution is -0.158. The van der Waals surface area contributed by atoms with Gasteiger partial charge in [0.25, 0.3) is 0 Å². The Balaban J connectivity index is 1.40. The molecule has 4 atom stereocenters. The molecule has 0 amide bonds. The molecule has 4 heterocycles. The van der Waals surface area contributed by atoms with Crippen molar-refractivity contribution in [2.24, 2.45) is 5.92 Å². The van der Waals surface area contributed by atoms with Crippen LogP contribution < -0.4 is 10.1 Å². The van der Waals surface area contributed by atoms with E-state index in [9.17, 15) is 0 Å². The van der Waals surface area contributed by atoms with E-state index in [1.165, 1.54) is 29.5 Å². The van der Waals surface area contributed by atoms with E-state index in [-0.39, 0.29) is 0 Å². The molecule has 4 fully saturated rings. The molecule has 7 rings (SSSR count). The maximum Gasteiger partial charge on any atom is 0.123 e. The lowest BCUT2D eigenvalue weighted by atomic mass is 9.66. The van der Waals surface area contributed by atoms with Crippen LogP contribution in [-0.4, -0.2) is 49.4 Å². The number of morpholine rings is 1. The Morgan fingerprint density at radius 1 is 0.853 bits per heavy atom. The molecule has 4 bridgehead atoms. The van der Waals surface area contributed by atoms with E-state index >= 15 is 0 Å². The van der Waals surface area contributed by atoms with Crippen molar-refractivity contribution >= 4 is 0 Å². The molecule has 4 aliphatic rings. The fourth-order valence-electron chi connectivity index (χ4n) is 6.88. The van der Waals surface area contributed by atoms with E-state index in [1.807, 2.05) is 6.07 Å². The molecule has 0 aliphatic carbocycles. The number of benzene rings is 3. The van der Waals surface area contributed by atoms with E-state index in [0.717, 1.165) is 25.5 Å². The Labute approximate surface area is 202 Å². The van der Waals surface area contributed by atoms with Crippen LogP contribution in [0.3, 0.4) is 0 Å². The van der Waals surface area contributed by atoms with E-state index in [0.29, 0.717) is 36.0 Å². The Morgan fingerprint density at radius 2 is 1.44 bits per heavy atom. The zero-order valence-electron chi connectivity index (χ0n) is 19.8. The second kappa shape index (κ2) is 9.53. The zero-order valence-corrected chi connectivity index (χ0v) is 19.8. The summed E-state index contributed by atoms with van der Waals surface area (Å²) in [5, 5.41) is 4.04. The van der Waals surface area contributed by atoms with Crippen LogP contribution in [0.4, 0.5) is 0 Å². The van der Waals surface area contributed by atoms with Gasteiger partial charge < -0.3 is 14.8 Å². The number of para-hydroxylation sites is 1. The minimum atomic E-state index is 0.309. The fourth-order valence-corrected chi connectivity index (χ4v) is 6.88. The molecule has 176 valence electrons. The average molecular weight is 455 g/mol. The van der Waals surface area contributed by atoms with E-state index < -0.39 is 0 Å². The number of fused-ring (bicyclic) bond motifs is 1. The predicted octanol–water partition coefficient (Wildman–Crippen LogP) is 4.85. The molecular formula is C30H34N2O2. The number of hydrogen-bond acceptors (Lipinski definition) is 4. The third kappa shape index (κ3) is 3.94. The number of ether oxygens (including phenoxy) is 2. The van der Waals surface area contributed by atoms with Crippen LogP contribution in [0.1, 0.15) is 35.4 Å². The molecule has 0 aromatic heterocycles. The summed E-state index contributed by atoms with van der Waals surface area (Å²) in [6, 6.07) is 32.4. The maximum atomic E-state index is 6.04. The van der Waals surface area contributed by atoms with Crippen LogP contribution in [0.2, 0.25) is 0 Å². The number of methoxy groups -OCH3 is 1. The molecule has 0 spiro atoms. The molecule has 3 aromatic rings. The summed E-state index contributed by atoms with van der Waals surface area (Å²) in [6.07, 6.45) is 2.43. The van der Waals surface area contributed by atoms with Gasteiger partial charge in [-0.15, -0.1) is 0 Å². The third-order valence-electron chi connectivity index (χ3n) is 8.21. The first-order valence-corrected chi connectivity index (χ1v) is 12.6. The SMILES string of the molecule is COc1ccccc1CN[C@H]1C2CC3COCC(C2)N3[C@H]1C(c1ccccc1)c1ccccc1. The summed E-state index contributed by atoms with van der Waals surface area (Å²) in [6.45, 7) is 2.54. The Bertz CT molecular complexity index is 1040. The van der Waals surface area contributed by atoms with Crippen molar-refractivity contribution in [2.45, 2.75) is 49.5 Å². The van der Waals surface area contributed by atoms with Gasteiger partial charge in [0.15, 0.2) is 0 Å². The number of nitrogens with zero attached hydrogens (tertiary/aromatic N) is 1. The molecule has 0 radical (unpaired) electrons. The van der Waals surface area contributed by atoms with Gasteiger partial charge in [0.1, 0.15) is 5.75 Å². The van der Waals surface area contributed by atoms with Gasteiger partial charge in [0, 0.05) is 42.2 Å². The largest absolute Gasteiger partial charge is 0.496 e. The summed E-state index contributed by atoms with van der Waals surface area (Å²) in [5.74, 6) is 1.92. The molecule has 4 heteroatoms. The first-order chi connectivity index (χ1) is 16.8. The minimum absolute atomic E-state index is 0.309. The Kier molecular flexibility index (Phi) is 6.13. The third-order valence-corrected chi connectivity index (χ3v) is 8.21. The molecule has 0 saturated carbocycles. The maximum absolute atomic E-state index is 6.04. The summed E-state index contributed by atoms with van der Waals surface area (Å²) >= 11 is 0. The van der Waals surface area contributed by atoms with Crippen LogP contribution in [0.15, 0.2) is 84.9 Å². The van der Waals surface area contributed by atoms with Crippen LogP contribution in [0, 0.1) is 5.92 Å². The lowest BCUT2D eigenvalue weighted by Gasteiger charge is -2.62. The van der Waals surface area contributed by atoms with E-state index in [2.05, 4.69) is 89.1 Å². The average Bonchev–Trinajstić information content (AvgIpc) is 2.89. The van der Waals surface area contributed by atoms with Crippen molar-refractivity contribution in [1.29, 1.82) is 0 Å². The standard InChI is InChI=1S/C30H34N2O2/c1-33-27-15-9-8-14-23(27)18-31-29-24-16-25-19-34-20-26(17-24)32(25)30(29)28(21-10-4-2-5-11-21)22-12-6-3-7-13-22/h2-15,24-26,28-31H,16-20H2,1H3/t24?,25?,26?,29-,30-/m0/s1. The Hall–Kier alpha value is -2.66. The molecule has 4 aliphatic heterocycles. The van der Waals surface area contributed by atoms with Gasteiger partial charge in [-0.1, -0.05) is 78.9 Å². The van der Waals surface area contributed by atoms with Gasteiger partial charge in [-0.2, -0.15) is 0 Å². The van der Waals surface area contributed by atoms with Crippen LogP contribution in [-0.2, 0) is 11.3 Å². The van der Waals surface area contributed by atoms with Crippen molar-refractivity contribution < 1.29 is 9.47 Å². The summed E-state index contributed by atoms with van der Waals surface area (Å²) in [5.41, 5.74) is 4.02. The van der Waals surface area contributed by atoms with Gasteiger partial charge >= 0.3 is 0 Å². The highest BCUT2D eigenvalue weighted by atomic mass is 16.5. The fraction of sp³-hybridized carbons (Fsp3) is 0.400. The summed E-state index contributed by atoms with van der Waals surface area (Å²) in [7, 11) is 1.76. The molecule has 4 saturated heterocycles. The highest BCUT2D eigenvalue weighted by Crippen LogP contribution is 2.48. The van der Waals surface area contributed by atoms with Crippen LogP contribution in [0.25, 0.3) is 0 Å². The number of piperidine rings is 3. The van der Waals surface area contributed by atoms with Gasteiger partial charge in [0.2, 0.25) is 0 Å². The molecule has 34 heavy (non-hydrogen) atoms. The van der Waals surface area contributed by atoms with Crippen molar-refractivity contribution in [3.8, 4) is 5.75 Å². The normalized spacial score (nSPS) is 29.8. The molecule has 1 N–H and O–H groups in total. The van der Waals surface area contributed by atoms with Crippen LogP contribution >= 0.6 is 0 Å². The molecule has 2 unspecified atom stereocenters. The second-order valence-corrected chi connectivity index (χ2v) is 10.0. The van der Waals surface area contributed by atoms with Crippen molar-refractivity contribution in [1.82, 2.24) is 10.2 Å². The molecule has 3 aromatic carbocycles. The summed E-state index contributed by atoms with van der Waals surface area (Å²) < 4.78 is 11.7. The van der Waals surface area contributed by atoms with Crippen molar-refractivity contribution in [3.05, 3.63) is 102 Å². The van der Waals surface area contributed by atoms with Crippen LogP contribution in [0.5, 0.6) is 5.75 Å². The zero-order chi connectivity index (χ0) is 22.9. The first-order valence-electron chi connectivity index (χ1n) is 12.6. The molecule has 4 nitrogen and oxygen atoms in total.